The summed E-state index contributed by atoms with van der Waals surface area (Å²) in [4.78, 5) is 0. The number of pyridine rings is 1. The Morgan fingerprint density at radius 3 is 2.71 bits per heavy atom. The molecule has 0 saturated carbocycles. The van der Waals surface area contributed by atoms with E-state index in [0.717, 1.165) is 11.5 Å². The molecule has 4 nitrogen and oxygen atoms in total. The molecule has 2 aromatic carbocycles. The lowest BCUT2D eigenvalue weighted by Gasteiger charge is -2.31. The van der Waals surface area contributed by atoms with Crippen LogP contribution in [0, 0.1) is 6.92 Å². The van der Waals surface area contributed by atoms with Gasteiger partial charge in [0.1, 0.15) is 11.5 Å². The Bertz CT molecular complexity index is 1640. The van der Waals surface area contributed by atoms with Gasteiger partial charge in [0.15, 0.2) is 12.2 Å². The summed E-state index contributed by atoms with van der Waals surface area (Å²) < 4.78 is 14.8. The Morgan fingerprint density at radius 2 is 1.95 bits per heavy atom. The Balaban J connectivity index is 1.75. The molecule has 0 fully saturated rings. The number of benzene rings is 2. The van der Waals surface area contributed by atoms with Crippen molar-refractivity contribution < 1.29 is 18.8 Å². The number of methoxy groups -OCH3 is 1. The fraction of sp³-hybridized carbons (Fsp3) is 0.265. The number of nitrogens with zero attached hydrogens (tertiary/aromatic N) is 1. The molecule has 0 saturated heterocycles. The maximum Gasteiger partial charge on any atom is 0.221 e. The molecule has 0 bridgehead atoms. The summed E-state index contributed by atoms with van der Waals surface area (Å²) in [5.74, 6) is 1.92. The third kappa shape index (κ3) is 3.40. The van der Waals surface area contributed by atoms with E-state index in [-0.39, 0.29) is 24.0 Å². The first-order valence-corrected chi connectivity index (χ1v) is 13.2. The van der Waals surface area contributed by atoms with Crippen molar-refractivity contribution in [3.05, 3.63) is 108 Å². The molecule has 4 heteroatoms. The third-order valence-electron chi connectivity index (χ3n) is 8.37. The highest BCUT2D eigenvalue weighted by atomic mass is 16.5. The van der Waals surface area contributed by atoms with Gasteiger partial charge in [0.05, 0.1) is 30.1 Å². The molecule has 2 unspecified atom stereocenters. The molecule has 0 spiro atoms. The highest BCUT2D eigenvalue weighted by Crippen LogP contribution is 2.57. The lowest BCUT2D eigenvalue weighted by atomic mass is 9.76. The number of hydrogen-bond donors (Lipinski definition) is 1. The molecule has 1 aliphatic carbocycles. The van der Waals surface area contributed by atoms with Crippen molar-refractivity contribution in [3.8, 4) is 22.6 Å². The molecule has 0 radical (unpaired) electrons. The van der Waals surface area contributed by atoms with Gasteiger partial charge in [-0.15, -0.1) is 0 Å². The zero-order valence-electron chi connectivity index (χ0n) is 22.5. The number of furan rings is 1. The molecule has 4 aromatic rings. The summed E-state index contributed by atoms with van der Waals surface area (Å²) in [5, 5.41) is 12.1. The number of aliphatic hydroxyl groups is 1. The highest BCUT2D eigenvalue weighted by molar-refractivity contribution is 6.01. The van der Waals surface area contributed by atoms with Crippen LogP contribution in [-0.2, 0) is 10.2 Å². The van der Waals surface area contributed by atoms with Gasteiger partial charge in [-0.05, 0) is 47.2 Å². The average molecular weight is 505 g/mol. The molecule has 38 heavy (non-hydrogen) atoms. The normalized spacial score (nSPS) is 19.1. The summed E-state index contributed by atoms with van der Waals surface area (Å²) >= 11 is 0. The zero-order chi connectivity index (χ0) is 26.6. The summed E-state index contributed by atoms with van der Waals surface area (Å²) in [6, 6.07) is 15.3. The summed E-state index contributed by atoms with van der Waals surface area (Å²) in [7, 11) is 1.76. The van der Waals surface area contributed by atoms with Gasteiger partial charge in [0, 0.05) is 29.7 Å². The van der Waals surface area contributed by atoms with E-state index in [9.17, 15) is 5.11 Å². The first kappa shape index (κ1) is 24.6. The van der Waals surface area contributed by atoms with Gasteiger partial charge in [-0.1, -0.05) is 69.0 Å². The Kier molecular flexibility index (Phi) is 5.97. The quantitative estimate of drug-likeness (QED) is 0.174. The minimum atomic E-state index is -0.201. The monoisotopic (exact) mass is 504 g/mol. The topological polar surface area (TPSA) is 46.5 Å². The number of ether oxygens (including phenoxy) is 1. The van der Waals surface area contributed by atoms with Crippen LogP contribution in [0.25, 0.3) is 39.4 Å². The smallest absolute Gasteiger partial charge is 0.221 e. The lowest BCUT2D eigenvalue weighted by Crippen LogP contribution is -2.47. The first-order chi connectivity index (χ1) is 18.4. The van der Waals surface area contributed by atoms with E-state index in [1.165, 1.54) is 49.8 Å². The van der Waals surface area contributed by atoms with Crippen LogP contribution in [-0.4, -0.2) is 25.4 Å². The van der Waals surface area contributed by atoms with Crippen molar-refractivity contribution in [2.45, 2.75) is 38.1 Å². The van der Waals surface area contributed by atoms with Crippen molar-refractivity contribution in [3.63, 3.8) is 0 Å². The third-order valence-corrected chi connectivity index (χ3v) is 8.37. The van der Waals surface area contributed by atoms with Crippen LogP contribution >= 0.6 is 0 Å². The van der Waals surface area contributed by atoms with Crippen molar-refractivity contribution >= 4 is 16.8 Å². The van der Waals surface area contributed by atoms with E-state index >= 15 is 0 Å². The molecular weight excluding hydrogens is 470 g/mol. The van der Waals surface area contributed by atoms with E-state index < -0.39 is 0 Å². The molecule has 192 valence electrons. The molecular formula is C34H34NO3+. The fourth-order valence-corrected chi connectivity index (χ4v) is 6.77. The average Bonchev–Trinajstić information content (AvgIpc) is 3.37. The predicted molar refractivity (Wildman–Crippen MR) is 153 cm³/mol. The second-order valence-corrected chi connectivity index (χ2v) is 10.8. The second-order valence-electron chi connectivity index (χ2n) is 10.8. The van der Waals surface area contributed by atoms with E-state index in [4.69, 9.17) is 9.15 Å². The standard InChI is InChI=1S/C34H34NO3/c1-6-7-14-28-21(2)31-33(38-28)30-26(34(31,3)4)16-15-24-25(20-37-5)27(13-10-19-36)35-18-17-22-11-8-9-12-23(22)32(35)29(24)30/h6-18,25,27,36H,1,19-20H2,2-5H3/q+1/b13-10+,14-7-. The van der Waals surface area contributed by atoms with Gasteiger partial charge in [-0.3, -0.25) is 0 Å². The molecule has 2 aromatic heterocycles. The number of rotatable bonds is 6. The van der Waals surface area contributed by atoms with Gasteiger partial charge < -0.3 is 14.3 Å². The highest BCUT2D eigenvalue weighted by Gasteiger charge is 2.48. The van der Waals surface area contributed by atoms with Gasteiger partial charge in [0.25, 0.3) is 0 Å². The number of fused-ring (bicyclic) bond motifs is 9. The van der Waals surface area contributed by atoms with Crippen molar-refractivity contribution in [1.29, 1.82) is 0 Å². The SMILES string of the molecule is C=C/C=C\c1oc2c(c1C)C(C)(C)c1ccc3c(c1-2)-c1c2ccccc2cc[n+]1C(/C=C/CO)C3COC. The van der Waals surface area contributed by atoms with Crippen molar-refractivity contribution in [1.82, 2.24) is 0 Å². The van der Waals surface area contributed by atoms with Gasteiger partial charge in [-0.25, -0.2) is 0 Å². The number of hydrogen-bond acceptors (Lipinski definition) is 3. The van der Waals surface area contributed by atoms with Crippen LogP contribution < -0.4 is 4.57 Å². The minimum Gasteiger partial charge on any atom is -0.456 e. The summed E-state index contributed by atoms with van der Waals surface area (Å²) in [6.07, 6.45) is 11.9. The molecule has 2 atom stereocenters. The fourth-order valence-electron chi connectivity index (χ4n) is 6.77. The van der Waals surface area contributed by atoms with Crippen LogP contribution in [0.2, 0.25) is 0 Å². The Labute approximate surface area is 224 Å². The van der Waals surface area contributed by atoms with Crippen LogP contribution in [0.5, 0.6) is 0 Å². The van der Waals surface area contributed by atoms with Crippen LogP contribution in [0.1, 0.15) is 53.8 Å². The van der Waals surface area contributed by atoms with Crippen LogP contribution in [0.3, 0.4) is 0 Å². The second kappa shape index (κ2) is 9.23. The molecule has 2 aliphatic rings. The molecule has 1 aliphatic heterocycles. The number of aromatic nitrogens is 1. The largest absolute Gasteiger partial charge is 0.456 e. The maximum absolute atomic E-state index is 9.66. The van der Waals surface area contributed by atoms with Crippen LogP contribution in [0.15, 0.2) is 84.0 Å². The predicted octanol–water partition coefficient (Wildman–Crippen LogP) is 7.03. The Hall–Kier alpha value is -3.73. The van der Waals surface area contributed by atoms with Gasteiger partial charge in [-0.2, -0.15) is 4.57 Å². The van der Waals surface area contributed by atoms with E-state index in [1.807, 2.05) is 18.2 Å². The lowest BCUT2D eigenvalue weighted by molar-refractivity contribution is -0.706. The minimum absolute atomic E-state index is 0.000939. The number of allylic oxidation sites excluding steroid dienone is 3. The molecule has 0 amide bonds. The first-order valence-electron chi connectivity index (χ1n) is 13.2. The zero-order valence-corrected chi connectivity index (χ0v) is 22.5. The summed E-state index contributed by atoms with van der Waals surface area (Å²) in [5.41, 5.74) is 8.33. The molecule has 1 N–H and O–H groups in total. The van der Waals surface area contributed by atoms with E-state index in [0.29, 0.717) is 6.61 Å². The van der Waals surface area contributed by atoms with Crippen LogP contribution in [0.4, 0.5) is 0 Å². The molecule has 6 rings (SSSR count). The Morgan fingerprint density at radius 1 is 1.13 bits per heavy atom. The number of aliphatic hydroxyl groups excluding tert-OH is 1. The van der Waals surface area contributed by atoms with Crippen molar-refractivity contribution in [2.75, 3.05) is 20.3 Å². The summed E-state index contributed by atoms with van der Waals surface area (Å²) in [6.45, 7) is 11.2. The van der Waals surface area contributed by atoms with Gasteiger partial charge in [0.2, 0.25) is 5.69 Å². The van der Waals surface area contributed by atoms with Crippen molar-refractivity contribution in [2.24, 2.45) is 0 Å². The molecule has 3 heterocycles. The maximum atomic E-state index is 9.66. The van der Waals surface area contributed by atoms with Gasteiger partial charge >= 0.3 is 0 Å². The van der Waals surface area contributed by atoms with E-state index in [2.05, 4.69) is 86.7 Å². The van der Waals surface area contributed by atoms with E-state index in [1.54, 1.807) is 13.2 Å².